The Bertz CT molecular complexity index is 413. The van der Waals surface area contributed by atoms with Crippen molar-refractivity contribution in [2.24, 2.45) is 0 Å². The first-order valence-electron chi connectivity index (χ1n) is 6.93. The fraction of sp³-hybridized carbons (Fsp3) is 0.600. The van der Waals surface area contributed by atoms with Gasteiger partial charge in [-0.25, -0.2) is 0 Å². The molecule has 1 fully saturated rings. The zero-order chi connectivity index (χ0) is 13.8. The Morgan fingerprint density at radius 2 is 2.32 bits per heavy atom. The highest BCUT2D eigenvalue weighted by Gasteiger charge is 2.22. The van der Waals surface area contributed by atoms with E-state index in [-0.39, 0.29) is 0 Å². The van der Waals surface area contributed by atoms with Crippen LogP contribution in [0.15, 0.2) is 28.7 Å². The molecule has 4 heteroatoms. The molecule has 0 bridgehead atoms. The number of aliphatic hydroxyl groups excluding tert-OH is 1. The third-order valence-corrected chi connectivity index (χ3v) is 4.53. The quantitative estimate of drug-likeness (QED) is 0.892. The average Bonchev–Trinajstić information content (AvgIpc) is 2.40. The molecule has 2 N–H and O–H groups in total. The van der Waals surface area contributed by atoms with Gasteiger partial charge < -0.3 is 15.3 Å². The number of nitrogens with one attached hydrogen (secondary N) is 1. The number of aliphatic hydroxyl groups is 1. The van der Waals surface area contributed by atoms with Gasteiger partial charge in [0.05, 0.1) is 6.10 Å². The molecule has 1 aliphatic heterocycles. The van der Waals surface area contributed by atoms with Crippen LogP contribution in [0.25, 0.3) is 0 Å². The first-order valence-corrected chi connectivity index (χ1v) is 7.72. The summed E-state index contributed by atoms with van der Waals surface area (Å²) in [6, 6.07) is 9.02. The van der Waals surface area contributed by atoms with E-state index >= 15 is 0 Å². The molecule has 106 valence electrons. The van der Waals surface area contributed by atoms with Crippen molar-refractivity contribution in [3.63, 3.8) is 0 Å². The number of halogens is 1. The summed E-state index contributed by atoms with van der Waals surface area (Å²) in [6.07, 6.45) is 1.88. The van der Waals surface area contributed by atoms with Gasteiger partial charge in [-0.3, -0.25) is 0 Å². The summed E-state index contributed by atoms with van der Waals surface area (Å²) in [5.41, 5.74) is 0.961. The van der Waals surface area contributed by atoms with Crippen molar-refractivity contribution in [1.29, 1.82) is 0 Å². The van der Waals surface area contributed by atoms with Gasteiger partial charge in [0.25, 0.3) is 0 Å². The Morgan fingerprint density at radius 3 is 3.00 bits per heavy atom. The fourth-order valence-corrected chi connectivity index (χ4v) is 3.00. The van der Waals surface area contributed by atoms with Crippen LogP contribution in [0.1, 0.15) is 31.4 Å². The van der Waals surface area contributed by atoms with Crippen LogP contribution in [-0.4, -0.2) is 42.2 Å². The minimum absolute atomic E-state index is 0.438. The van der Waals surface area contributed by atoms with E-state index in [2.05, 4.69) is 40.1 Å². The molecule has 3 atom stereocenters. The van der Waals surface area contributed by atoms with E-state index in [0.29, 0.717) is 18.6 Å². The maximum Gasteiger partial charge on any atom is 0.0914 e. The minimum atomic E-state index is -0.438. The molecule has 1 saturated heterocycles. The second kappa shape index (κ2) is 6.84. The zero-order valence-corrected chi connectivity index (χ0v) is 13.2. The van der Waals surface area contributed by atoms with Crippen molar-refractivity contribution in [3.05, 3.63) is 34.3 Å². The van der Waals surface area contributed by atoms with E-state index in [1.807, 2.05) is 24.3 Å². The lowest BCUT2D eigenvalue weighted by molar-refractivity contribution is 0.139. The van der Waals surface area contributed by atoms with Gasteiger partial charge in [0, 0.05) is 23.1 Å². The number of likely N-dealkylation sites (tertiary alicyclic amines) is 1. The standard InChI is InChI=1S/C15H23BrN2O/c1-11-8-14(6-7-18(11)2)17-10-15(19)12-4-3-5-13(16)9-12/h3-5,9,11,14-15,17,19H,6-8,10H2,1-2H3. The highest BCUT2D eigenvalue weighted by molar-refractivity contribution is 9.10. The van der Waals surface area contributed by atoms with Crippen LogP contribution < -0.4 is 5.32 Å². The van der Waals surface area contributed by atoms with Crippen molar-refractivity contribution in [2.45, 2.75) is 38.0 Å². The van der Waals surface area contributed by atoms with Crippen molar-refractivity contribution >= 4 is 15.9 Å². The summed E-state index contributed by atoms with van der Waals surface area (Å²) < 4.78 is 1.01. The topological polar surface area (TPSA) is 35.5 Å². The molecular formula is C15H23BrN2O. The second-order valence-corrected chi connectivity index (χ2v) is 6.45. The molecule has 0 saturated carbocycles. The van der Waals surface area contributed by atoms with Gasteiger partial charge in [0.2, 0.25) is 0 Å². The lowest BCUT2D eigenvalue weighted by Gasteiger charge is -2.35. The zero-order valence-electron chi connectivity index (χ0n) is 11.6. The summed E-state index contributed by atoms with van der Waals surface area (Å²) in [6.45, 7) is 4.02. The molecule has 19 heavy (non-hydrogen) atoms. The summed E-state index contributed by atoms with van der Waals surface area (Å²) in [5, 5.41) is 13.7. The first kappa shape index (κ1) is 15.0. The Balaban J connectivity index is 1.82. The van der Waals surface area contributed by atoms with Crippen LogP contribution in [-0.2, 0) is 0 Å². The summed E-state index contributed by atoms with van der Waals surface area (Å²) in [4.78, 5) is 2.39. The predicted octanol–water partition coefficient (Wildman–Crippen LogP) is 2.55. The number of hydrogen-bond acceptors (Lipinski definition) is 3. The molecule has 3 nitrogen and oxygen atoms in total. The van der Waals surface area contributed by atoms with Crippen molar-refractivity contribution < 1.29 is 5.11 Å². The molecule has 0 radical (unpaired) electrons. The van der Waals surface area contributed by atoms with Crippen LogP contribution in [0.3, 0.4) is 0 Å². The monoisotopic (exact) mass is 326 g/mol. The van der Waals surface area contributed by atoms with Gasteiger partial charge in [0.15, 0.2) is 0 Å². The first-order chi connectivity index (χ1) is 9.06. The van der Waals surface area contributed by atoms with Gasteiger partial charge >= 0.3 is 0 Å². The Hall–Kier alpha value is -0.420. The molecule has 0 aromatic heterocycles. The molecule has 0 spiro atoms. The number of nitrogens with zero attached hydrogens (tertiary/aromatic N) is 1. The van der Waals surface area contributed by atoms with Gasteiger partial charge in [-0.15, -0.1) is 0 Å². The number of hydrogen-bond donors (Lipinski definition) is 2. The summed E-state index contributed by atoms with van der Waals surface area (Å²) >= 11 is 3.44. The Labute approximate surface area is 124 Å². The largest absolute Gasteiger partial charge is 0.387 e. The van der Waals surface area contributed by atoms with Crippen molar-refractivity contribution in [3.8, 4) is 0 Å². The van der Waals surface area contributed by atoms with Gasteiger partial charge in [-0.05, 0) is 51.1 Å². The number of rotatable bonds is 4. The molecular weight excluding hydrogens is 304 g/mol. The highest BCUT2D eigenvalue weighted by Crippen LogP contribution is 2.19. The van der Waals surface area contributed by atoms with Gasteiger partial charge in [0.1, 0.15) is 0 Å². The van der Waals surface area contributed by atoms with E-state index in [1.165, 1.54) is 0 Å². The van der Waals surface area contributed by atoms with Crippen LogP contribution in [0.2, 0.25) is 0 Å². The lowest BCUT2D eigenvalue weighted by atomic mass is 9.98. The van der Waals surface area contributed by atoms with Crippen LogP contribution in [0.4, 0.5) is 0 Å². The van der Waals surface area contributed by atoms with E-state index in [9.17, 15) is 5.11 Å². The van der Waals surface area contributed by atoms with Crippen LogP contribution >= 0.6 is 15.9 Å². The lowest BCUT2D eigenvalue weighted by Crippen LogP contribution is -2.46. The average molecular weight is 327 g/mol. The maximum absolute atomic E-state index is 10.2. The van der Waals surface area contributed by atoms with Gasteiger partial charge in [-0.1, -0.05) is 28.1 Å². The molecule has 1 aromatic rings. The van der Waals surface area contributed by atoms with E-state index in [1.54, 1.807) is 0 Å². The smallest absolute Gasteiger partial charge is 0.0914 e. The van der Waals surface area contributed by atoms with E-state index in [4.69, 9.17) is 0 Å². The minimum Gasteiger partial charge on any atom is -0.387 e. The van der Waals surface area contributed by atoms with Crippen LogP contribution in [0, 0.1) is 0 Å². The Morgan fingerprint density at radius 1 is 1.53 bits per heavy atom. The SMILES string of the molecule is CC1CC(NCC(O)c2cccc(Br)c2)CCN1C. The molecule has 1 aromatic carbocycles. The third kappa shape index (κ3) is 4.28. The van der Waals surface area contributed by atoms with E-state index < -0.39 is 6.10 Å². The van der Waals surface area contributed by atoms with Crippen molar-refractivity contribution in [2.75, 3.05) is 20.1 Å². The third-order valence-electron chi connectivity index (χ3n) is 4.04. The molecule has 0 aliphatic carbocycles. The second-order valence-electron chi connectivity index (χ2n) is 5.53. The molecule has 0 amide bonds. The van der Waals surface area contributed by atoms with Crippen LogP contribution in [0.5, 0.6) is 0 Å². The summed E-state index contributed by atoms with van der Waals surface area (Å²) in [5.74, 6) is 0. The molecule has 2 rings (SSSR count). The molecule has 3 unspecified atom stereocenters. The van der Waals surface area contributed by atoms with Crippen molar-refractivity contribution in [1.82, 2.24) is 10.2 Å². The normalized spacial score (nSPS) is 26.3. The number of piperidine rings is 1. The summed E-state index contributed by atoms with van der Waals surface area (Å²) in [7, 11) is 2.18. The molecule has 1 aliphatic rings. The fourth-order valence-electron chi connectivity index (χ4n) is 2.58. The Kier molecular flexibility index (Phi) is 5.39. The van der Waals surface area contributed by atoms with Gasteiger partial charge in [-0.2, -0.15) is 0 Å². The highest BCUT2D eigenvalue weighted by atomic mass is 79.9. The van der Waals surface area contributed by atoms with E-state index in [0.717, 1.165) is 29.4 Å². The number of benzene rings is 1. The molecule has 1 heterocycles. The predicted molar refractivity (Wildman–Crippen MR) is 82.2 cm³/mol. The maximum atomic E-state index is 10.2.